The van der Waals surface area contributed by atoms with Crippen LogP contribution >= 0.6 is 0 Å². The van der Waals surface area contributed by atoms with Gasteiger partial charge in [0.25, 0.3) is 11.6 Å². The van der Waals surface area contributed by atoms with E-state index in [1.165, 1.54) is 36.4 Å². The minimum Gasteiger partial charge on any atom is -0.305 e. The van der Waals surface area contributed by atoms with Crippen molar-refractivity contribution in [3.63, 3.8) is 0 Å². The van der Waals surface area contributed by atoms with Gasteiger partial charge in [-0.3, -0.25) is 20.0 Å². The van der Waals surface area contributed by atoms with Crippen molar-refractivity contribution in [2.24, 2.45) is 0 Å². The topological polar surface area (TPSA) is 101 Å². The number of benzene rings is 2. The van der Waals surface area contributed by atoms with Gasteiger partial charge in [-0.15, -0.1) is 0 Å². The Bertz CT molecular complexity index is 906. The Morgan fingerprint density at radius 1 is 1.17 bits per heavy atom. The molecule has 24 heavy (non-hydrogen) atoms. The number of H-pyrrole nitrogens is 1. The van der Waals surface area contributed by atoms with Gasteiger partial charge in [-0.25, -0.2) is 4.39 Å². The predicted octanol–water partition coefficient (Wildman–Crippen LogP) is 3.38. The van der Waals surface area contributed by atoms with Gasteiger partial charge >= 0.3 is 0 Å². The lowest BCUT2D eigenvalue weighted by Crippen LogP contribution is -2.14. The van der Waals surface area contributed by atoms with E-state index in [4.69, 9.17) is 0 Å². The third kappa shape index (κ3) is 3.12. The highest BCUT2D eigenvalue weighted by atomic mass is 19.1. The number of carbonyl (C=O) groups excluding carboxylic acids is 1. The van der Waals surface area contributed by atoms with Gasteiger partial charge in [-0.2, -0.15) is 5.10 Å². The normalized spacial score (nSPS) is 10.4. The van der Waals surface area contributed by atoms with Crippen molar-refractivity contribution in [1.82, 2.24) is 10.2 Å². The molecule has 0 radical (unpaired) electrons. The Labute approximate surface area is 135 Å². The molecule has 0 spiro atoms. The van der Waals surface area contributed by atoms with Crippen molar-refractivity contribution in [3.8, 4) is 11.3 Å². The molecule has 1 aromatic heterocycles. The molecule has 0 aliphatic heterocycles. The molecule has 7 nitrogen and oxygen atoms in total. The summed E-state index contributed by atoms with van der Waals surface area (Å²) >= 11 is 0. The summed E-state index contributed by atoms with van der Waals surface area (Å²) in [6.07, 6.45) is 0. The van der Waals surface area contributed by atoms with E-state index in [1.54, 1.807) is 18.2 Å². The Balaban J connectivity index is 1.81. The fourth-order valence-electron chi connectivity index (χ4n) is 2.17. The zero-order valence-corrected chi connectivity index (χ0v) is 12.2. The van der Waals surface area contributed by atoms with Crippen molar-refractivity contribution in [2.75, 3.05) is 5.32 Å². The van der Waals surface area contributed by atoms with Crippen LogP contribution in [0.1, 0.15) is 10.4 Å². The number of amides is 1. The maximum atomic E-state index is 12.9. The zero-order valence-electron chi connectivity index (χ0n) is 12.2. The van der Waals surface area contributed by atoms with Crippen molar-refractivity contribution in [1.29, 1.82) is 0 Å². The molecule has 0 aliphatic carbocycles. The first-order chi connectivity index (χ1) is 11.5. The van der Waals surface area contributed by atoms with Crippen molar-refractivity contribution >= 4 is 17.4 Å². The second-order valence-corrected chi connectivity index (χ2v) is 4.90. The van der Waals surface area contributed by atoms with Gasteiger partial charge in [-0.05, 0) is 35.9 Å². The van der Waals surface area contributed by atoms with Crippen LogP contribution in [0.5, 0.6) is 0 Å². The van der Waals surface area contributed by atoms with Crippen molar-refractivity contribution < 1.29 is 14.1 Å². The molecule has 0 bridgehead atoms. The van der Waals surface area contributed by atoms with Crippen LogP contribution in [-0.4, -0.2) is 21.0 Å². The standard InChI is InChI=1S/C16H11FN4O3/c17-11-7-5-10(6-8-11)13-9-15(20-19-13)18-16(22)12-3-1-2-4-14(12)21(23)24/h1-9H,(H2,18,19,20,22). The fraction of sp³-hybridized carbons (Fsp3) is 0. The summed E-state index contributed by atoms with van der Waals surface area (Å²) < 4.78 is 12.9. The molecule has 2 aromatic carbocycles. The number of anilines is 1. The van der Waals surface area contributed by atoms with Crippen molar-refractivity contribution in [2.45, 2.75) is 0 Å². The molecule has 120 valence electrons. The minimum atomic E-state index is -0.639. The Kier molecular flexibility index (Phi) is 4.02. The SMILES string of the molecule is O=C(Nc1cc(-c2ccc(F)cc2)[nH]n1)c1ccccc1[N+](=O)[O-]. The van der Waals surface area contributed by atoms with Crippen LogP contribution in [0.15, 0.2) is 54.6 Å². The van der Waals surface area contributed by atoms with E-state index in [9.17, 15) is 19.3 Å². The smallest absolute Gasteiger partial charge is 0.282 e. The number of hydrogen-bond acceptors (Lipinski definition) is 4. The van der Waals surface area contributed by atoms with Crippen LogP contribution in [0.3, 0.4) is 0 Å². The van der Waals surface area contributed by atoms with E-state index < -0.39 is 10.8 Å². The molecular formula is C16H11FN4O3. The van der Waals surface area contributed by atoms with Crippen LogP contribution in [0, 0.1) is 15.9 Å². The summed E-state index contributed by atoms with van der Waals surface area (Å²) in [6, 6.07) is 12.9. The largest absolute Gasteiger partial charge is 0.305 e. The monoisotopic (exact) mass is 326 g/mol. The Morgan fingerprint density at radius 2 is 1.88 bits per heavy atom. The number of hydrogen-bond donors (Lipinski definition) is 2. The number of nitro benzene ring substituents is 1. The van der Waals surface area contributed by atoms with E-state index in [1.807, 2.05) is 0 Å². The lowest BCUT2D eigenvalue weighted by atomic mass is 10.1. The molecule has 0 unspecified atom stereocenters. The highest BCUT2D eigenvalue weighted by Crippen LogP contribution is 2.22. The quantitative estimate of drug-likeness (QED) is 0.567. The Morgan fingerprint density at radius 3 is 2.58 bits per heavy atom. The number of para-hydroxylation sites is 1. The molecule has 1 heterocycles. The number of aromatic nitrogens is 2. The summed E-state index contributed by atoms with van der Waals surface area (Å²) in [5.74, 6) is -0.792. The molecule has 8 heteroatoms. The van der Waals surface area contributed by atoms with Crippen LogP contribution in [0.4, 0.5) is 15.9 Å². The molecule has 2 N–H and O–H groups in total. The summed E-state index contributed by atoms with van der Waals surface area (Å²) in [4.78, 5) is 22.6. The summed E-state index contributed by atoms with van der Waals surface area (Å²) in [5.41, 5.74) is 0.918. The molecule has 3 aromatic rings. The third-order valence-electron chi connectivity index (χ3n) is 3.32. The third-order valence-corrected chi connectivity index (χ3v) is 3.32. The van der Waals surface area contributed by atoms with Gasteiger partial charge in [-0.1, -0.05) is 12.1 Å². The molecule has 0 saturated carbocycles. The van der Waals surface area contributed by atoms with Gasteiger partial charge in [0, 0.05) is 12.1 Å². The maximum absolute atomic E-state index is 12.9. The second-order valence-electron chi connectivity index (χ2n) is 4.90. The number of halogens is 1. The van der Waals surface area contributed by atoms with E-state index in [-0.39, 0.29) is 22.9 Å². The predicted molar refractivity (Wildman–Crippen MR) is 85.0 cm³/mol. The van der Waals surface area contributed by atoms with Crippen LogP contribution in [0.25, 0.3) is 11.3 Å². The highest BCUT2D eigenvalue weighted by molar-refractivity contribution is 6.06. The van der Waals surface area contributed by atoms with E-state index in [0.717, 1.165) is 0 Å². The first-order valence-electron chi connectivity index (χ1n) is 6.91. The number of nitrogens with zero attached hydrogens (tertiary/aromatic N) is 2. The van der Waals surface area contributed by atoms with Gasteiger partial charge in [0.1, 0.15) is 11.4 Å². The number of rotatable bonds is 4. The van der Waals surface area contributed by atoms with Crippen LogP contribution in [0.2, 0.25) is 0 Å². The number of nitro groups is 1. The lowest BCUT2D eigenvalue weighted by Gasteiger charge is -2.02. The van der Waals surface area contributed by atoms with Gasteiger partial charge in [0.05, 0.1) is 10.6 Å². The average molecular weight is 326 g/mol. The molecule has 0 aliphatic rings. The van der Waals surface area contributed by atoms with Crippen molar-refractivity contribution in [3.05, 3.63) is 76.1 Å². The molecule has 0 atom stereocenters. The zero-order chi connectivity index (χ0) is 17.1. The first-order valence-corrected chi connectivity index (χ1v) is 6.91. The summed E-state index contributed by atoms with van der Waals surface area (Å²) in [7, 11) is 0. The summed E-state index contributed by atoms with van der Waals surface area (Å²) in [5, 5.41) is 20.1. The van der Waals surface area contributed by atoms with E-state index >= 15 is 0 Å². The van der Waals surface area contributed by atoms with Crippen LogP contribution < -0.4 is 5.32 Å². The van der Waals surface area contributed by atoms with E-state index in [0.29, 0.717) is 11.3 Å². The lowest BCUT2D eigenvalue weighted by molar-refractivity contribution is -0.385. The van der Waals surface area contributed by atoms with Gasteiger partial charge in [0.2, 0.25) is 0 Å². The Hall–Kier alpha value is -3.55. The number of carbonyl (C=O) groups is 1. The van der Waals surface area contributed by atoms with E-state index in [2.05, 4.69) is 15.5 Å². The van der Waals surface area contributed by atoms with Gasteiger partial charge in [0.15, 0.2) is 5.82 Å². The minimum absolute atomic E-state index is 0.0613. The second kappa shape index (κ2) is 6.29. The number of nitrogens with one attached hydrogen (secondary N) is 2. The molecular weight excluding hydrogens is 315 g/mol. The fourth-order valence-corrected chi connectivity index (χ4v) is 2.17. The first kappa shape index (κ1) is 15.3. The van der Waals surface area contributed by atoms with Gasteiger partial charge < -0.3 is 5.32 Å². The van der Waals surface area contributed by atoms with Crippen LogP contribution in [-0.2, 0) is 0 Å². The molecule has 1 amide bonds. The average Bonchev–Trinajstić information content (AvgIpc) is 3.04. The highest BCUT2D eigenvalue weighted by Gasteiger charge is 2.20. The maximum Gasteiger partial charge on any atom is 0.282 e. The molecule has 0 saturated heterocycles. The molecule has 0 fully saturated rings. The molecule has 3 rings (SSSR count). The summed E-state index contributed by atoms with van der Waals surface area (Å²) in [6.45, 7) is 0. The number of aromatic amines is 1.